The molecule has 1 aliphatic rings. The molecule has 4 rings (SSSR count). The molecule has 58 heavy (non-hydrogen) atoms. The molecule has 1 aliphatic heterocycles. The zero-order chi connectivity index (χ0) is 42.4. The average Bonchev–Trinajstić information content (AvgIpc) is 3.24. The third-order valence-corrected chi connectivity index (χ3v) is 9.96. The number of allylic oxidation sites excluding steroid dienone is 16. The Balaban J connectivity index is 2.23. The first-order chi connectivity index (χ1) is 27.9. The van der Waals surface area contributed by atoms with Crippen LogP contribution in [-0.2, 0) is 0 Å². The van der Waals surface area contributed by atoms with Crippen molar-refractivity contribution in [2.75, 3.05) is 4.90 Å². The van der Waals surface area contributed by atoms with Crippen molar-refractivity contribution in [1.82, 2.24) is 9.88 Å². The number of aromatic nitrogens is 1. The highest BCUT2D eigenvalue weighted by Crippen LogP contribution is 2.47. The number of unbranched alkanes of at least 4 members (excludes halogenated alkanes) is 1. The number of aliphatic hydroxyl groups excluding tert-OH is 1. The topological polar surface area (TPSA) is 39.6 Å². The van der Waals surface area contributed by atoms with Gasteiger partial charge in [0.05, 0.1) is 6.04 Å². The summed E-state index contributed by atoms with van der Waals surface area (Å²) in [6.45, 7) is 44.9. The number of nitrogens with zero attached hydrogens (tertiary/aromatic N) is 3. The van der Waals surface area contributed by atoms with E-state index in [-0.39, 0.29) is 11.7 Å². The Morgan fingerprint density at radius 1 is 0.828 bits per heavy atom. The van der Waals surface area contributed by atoms with E-state index < -0.39 is 6.04 Å². The number of rotatable bonds is 17. The van der Waals surface area contributed by atoms with Crippen molar-refractivity contribution in [3.8, 4) is 11.1 Å². The summed E-state index contributed by atoms with van der Waals surface area (Å²) >= 11 is 0. The number of fused-ring (bicyclic) bond motifs is 3. The molecule has 2 atom stereocenters. The molecule has 0 saturated heterocycles. The van der Waals surface area contributed by atoms with Crippen LogP contribution in [0.2, 0.25) is 0 Å². The smallest absolute Gasteiger partial charge is 0.137 e. The summed E-state index contributed by atoms with van der Waals surface area (Å²) in [6.07, 6.45) is 25.1. The lowest BCUT2D eigenvalue weighted by Gasteiger charge is -2.44. The highest BCUT2D eigenvalue weighted by Gasteiger charge is 2.38. The van der Waals surface area contributed by atoms with Gasteiger partial charge < -0.3 is 14.9 Å². The van der Waals surface area contributed by atoms with Crippen molar-refractivity contribution in [3.05, 3.63) is 261 Å². The Morgan fingerprint density at radius 3 is 2.14 bits per heavy atom. The molecule has 0 radical (unpaired) electrons. The third kappa shape index (κ3) is 10.5. The minimum absolute atomic E-state index is 0.0929. The van der Waals surface area contributed by atoms with Gasteiger partial charge in [0.2, 0.25) is 0 Å². The first-order valence-electron chi connectivity index (χ1n) is 19.4. The molecule has 0 spiro atoms. The molecule has 1 N–H and O–H groups in total. The molecule has 2 unspecified atom stereocenters. The summed E-state index contributed by atoms with van der Waals surface area (Å²) in [7, 11) is 0. The van der Waals surface area contributed by atoms with E-state index in [1.165, 1.54) is 0 Å². The quantitative estimate of drug-likeness (QED) is 0.110. The monoisotopic (exact) mass is 763 g/mol. The fraction of sp³-hybridized carbons (Fsp3) is 0.130. The SMILES string of the molecule is C=C/C=C(\C)C(=C)/C=C\C1c2ccccc2-c2ccccc2/C(=C/C=C\C(=C)C(=C)C=C)C(=C)N(C(=C)/C=C\CCC)C1C(=C)N(/C(C)=C/C(=C)O)c1ccccn1. The zero-order valence-corrected chi connectivity index (χ0v) is 34.5. The molecule has 3 aromatic rings. The Labute approximate surface area is 347 Å². The maximum absolute atomic E-state index is 10.5. The minimum Gasteiger partial charge on any atom is -0.509 e. The highest BCUT2D eigenvalue weighted by molar-refractivity contribution is 5.90. The van der Waals surface area contributed by atoms with E-state index in [9.17, 15) is 5.11 Å². The molecule has 0 fully saturated rings. The maximum atomic E-state index is 10.5. The Bertz CT molecular complexity index is 2300. The molecule has 0 bridgehead atoms. The van der Waals surface area contributed by atoms with Crippen LogP contribution in [0.4, 0.5) is 5.82 Å². The number of hydrogen-bond acceptors (Lipinski definition) is 4. The standard InChI is InChI=1S/C54H57N3O/c1-13-16-17-27-42(8)57-45(11)47(32-24-26-40(6)38(4)15-3)48-28-18-19-29-49(48)50-30-20-21-31-51(50)52(35-34-41(7)39(5)25-14-2)54(57)46(12)56(43(9)37-44(10)58)53-33-22-23-36-55-53/h14-15,17-37,52,54,58H,2-4,6-8,10-13,16H2,1,5,9H3/b26-24-,27-17-,35-34-,39-25+,43-37+,47-32+. The van der Waals surface area contributed by atoms with Gasteiger partial charge in [-0.1, -0.05) is 182 Å². The van der Waals surface area contributed by atoms with E-state index in [1.54, 1.807) is 24.4 Å². The van der Waals surface area contributed by atoms with Gasteiger partial charge in [0, 0.05) is 40.5 Å². The fourth-order valence-electron chi connectivity index (χ4n) is 6.95. The van der Waals surface area contributed by atoms with Gasteiger partial charge in [-0.15, -0.1) is 0 Å². The molecule has 2 heterocycles. The van der Waals surface area contributed by atoms with E-state index >= 15 is 0 Å². The molecule has 2 aromatic carbocycles. The normalized spacial score (nSPS) is 16.6. The molecule has 294 valence electrons. The van der Waals surface area contributed by atoms with Crippen LogP contribution in [0.15, 0.2) is 250 Å². The molecule has 0 saturated carbocycles. The summed E-state index contributed by atoms with van der Waals surface area (Å²) in [5.74, 6) is 0.151. The summed E-state index contributed by atoms with van der Waals surface area (Å²) in [5, 5.41) is 10.5. The molecule has 4 nitrogen and oxygen atoms in total. The summed E-state index contributed by atoms with van der Waals surface area (Å²) in [4.78, 5) is 8.94. The van der Waals surface area contributed by atoms with Crippen molar-refractivity contribution in [3.63, 3.8) is 0 Å². The molecule has 4 heteroatoms. The van der Waals surface area contributed by atoms with Gasteiger partial charge in [0.15, 0.2) is 0 Å². The number of hydrogen-bond donors (Lipinski definition) is 1. The number of aliphatic hydroxyl groups is 1. The van der Waals surface area contributed by atoms with Crippen LogP contribution in [-0.4, -0.2) is 21.0 Å². The van der Waals surface area contributed by atoms with Crippen LogP contribution < -0.4 is 4.90 Å². The first kappa shape index (κ1) is 43.8. The molecular weight excluding hydrogens is 707 g/mol. The third-order valence-electron chi connectivity index (χ3n) is 9.96. The van der Waals surface area contributed by atoms with E-state index in [1.807, 2.05) is 61.2 Å². The van der Waals surface area contributed by atoms with Crippen LogP contribution in [0.5, 0.6) is 0 Å². The minimum atomic E-state index is -0.574. The van der Waals surface area contributed by atoms with Gasteiger partial charge in [-0.05, 0) is 89.1 Å². The van der Waals surface area contributed by atoms with Gasteiger partial charge in [0.1, 0.15) is 11.6 Å². The fourth-order valence-corrected chi connectivity index (χ4v) is 6.95. The van der Waals surface area contributed by atoms with Crippen LogP contribution in [0.3, 0.4) is 0 Å². The summed E-state index contributed by atoms with van der Waals surface area (Å²) in [5.41, 5.74) is 11.1. The first-order valence-corrected chi connectivity index (χ1v) is 19.4. The Hall–Kier alpha value is -6.91. The number of anilines is 1. The lowest BCUT2D eigenvalue weighted by Crippen LogP contribution is -2.44. The lowest BCUT2D eigenvalue weighted by molar-refractivity contribution is 0.345. The average molecular weight is 764 g/mol. The van der Waals surface area contributed by atoms with E-state index in [4.69, 9.17) is 24.7 Å². The van der Waals surface area contributed by atoms with Gasteiger partial charge in [-0.2, -0.15) is 0 Å². The van der Waals surface area contributed by atoms with Crippen molar-refractivity contribution < 1.29 is 5.11 Å². The van der Waals surface area contributed by atoms with Crippen LogP contribution in [0.1, 0.15) is 50.7 Å². The summed E-state index contributed by atoms with van der Waals surface area (Å²) in [6, 6.07) is 22.0. The predicted molar refractivity (Wildman–Crippen MR) is 252 cm³/mol. The summed E-state index contributed by atoms with van der Waals surface area (Å²) < 4.78 is 0. The molecule has 0 aliphatic carbocycles. The number of pyridine rings is 1. The van der Waals surface area contributed by atoms with E-state index in [0.29, 0.717) is 22.9 Å². The van der Waals surface area contributed by atoms with E-state index in [2.05, 4.69) is 124 Å². The highest BCUT2D eigenvalue weighted by atomic mass is 16.3. The second-order valence-corrected chi connectivity index (χ2v) is 14.1. The van der Waals surface area contributed by atoms with Crippen LogP contribution >= 0.6 is 0 Å². The van der Waals surface area contributed by atoms with E-state index in [0.717, 1.165) is 68.7 Å². The maximum Gasteiger partial charge on any atom is 0.137 e. The Kier molecular flexibility index (Phi) is 15.7. The second kappa shape index (κ2) is 20.8. The van der Waals surface area contributed by atoms with Gasteiger partial charge >= 0.3 is 0 Å². The lowest BCUT2D eigenvalue weighted by atomic mass is 9.82. The largest absolute Gasteiger partial charge is 0.509 e. The number of benzene rings is 2. The van der Waals surface area contributed by atoms with Gasteiger partial charge in [0.25, 0.3) is 0 Å². The van der Waals surface area contributed by atoms with Crippen molar-refractivity contribution in [1.29, 1.82) is 0 Å². The van der Waals surface area contributed by atoms with Gasteiger partial charge in [-0.25, -0.2) is 4.98 Å². The zero-order valence-electron chi connectivity index (χ0n) is 34.5. The molecule has 0 amide bonds. The molecular formula is C54H57N3O. The Morgan fingerprint density at radius 2 is 1.50 bits per heavy atom. The van der Waals surface area contributed by atoms with Crippen molar-refractivity contribution >= 4 is 11.4 Å². The van der Waals surface area contributed by atoms with Crippen LogP contribution in [0, 0.1) is 0 Å². The predicted octanol–water partition coefficient (Wildman–Crippen LogP) is 14.4. The van der Waals surface area contributed by atoms with Crippen molar-refractivity contribution in [2.24, 2.45) is 0 Å². The van der Waals surface area contributed by atoms with Gasteiger partial charge in [-0.3, -0.25) is 0 Å². The van der Waals surface area contributed by atoms with Crippen molar-refractivity contribution in [2.45, 2.75) is 45.6 Å². The van der Waals surface area contributed by atoms with Crippen LogP contribution in [0.25, 0.3) is 16.7 Å². The second-order valence-electron chi connectivity index (χ2n) is 14.1. The molecule has 1 aromatic heterocycles.